The van der Waals surface area contributed by atoms with Crippen LogP contribution in [-0.4, -0.2) is 4.57 Å². The number of nitrogens with zero attached hydrogens (tertiary/aromatic N) is 2. The predicted molar refractivity (Wildman–Crippen MR) is 128 cm³/mol. The molecule has 0 saturated carbocycles. The van der Waals surface area contributed by atoms with E-state index in [1.54, 1.807) is 0 Å². The van der Waals surface area contributed by atoms with E-state index < -0.39 is 0 Å². The molecule has 0 unspecified atom stereocenters. The fraction of sp³-hybridized carbons (Fsp3) is 0.179. The van der Waals surface area contributed by atoms with E-state index >= 15 is 0 Å². The van der Waals surface area contributed by atoms with Gasteiger partial charge in [0.2, 0.25) is 0 Å². The second-order valence-electron chi connectivity index (χ2n) is 8.74. The van der Waals surface area contributed by atoms with Gasteiger partial charge in [0.15, 0.2) is 0 Å². The van der Waals surface area contributed by atoms with Gasteiger partial charge in [-0.3, -0.25) is 0 Å². The molecule has 6 rings (SSSR count). The molecule has 3 heteroatoms. The molecule has 0 atom stereocenters. The van der Waals surface area contributed by atoms with Crippen LogP contribution >= 0.6 is 0 Å². The van der Waals surface area contributed by atoms with Crippen molar-refractivity contribution in [1.29, 1.82) is 0 Å². The van der Waals surface area contributed by atoms with E-state index in [0.29, 0.717) is 5.92 Å². The van der Waals surface area contributed by atoms with E-state index in [9.17, 15) is 0 Å². The van der Waals surface area contributed by atoms with Gasteiger partial charge in [-0.1, -0.05) is 50.2 Å². The van der Waals surface area contributed by atoms with Gasteiger partial charge in [-0.2, -0.15) is 4.57 Å². The average molecular weight is 406 g/mol. The van der Waals surface area contributed by atoms with Crippen molar-refractivity contribution in [3.63, 3.8) is 0 Å². The summed E-state index contributed by atoms with van der Waals surface area (Å²) in [6, 6.07) is 23.5. The van der Waals surface area contributed by atoms with Gasteiger partial charge in [0.25, 0.3) is 5.82 Å². The van der Waals surface area contributed by atoms with E-state index in [0.717, 1.165) is 17.0 Å². The van der Waals surface area contributed by atoms with Crippen molar-refractivity contribution in [3.8, 4) is 5.82 Å². The number of fused-ring (bicyclic) bond motifs is 7. The molecule has 31 heavy (non-hydrogen) atoms. The molecule has 3 aromatic carbocycles. The standard InChI is InChI=1S/C28H25N2O/c1-17(2)24-18(3)27-25(26-20-12-6-8-14-22(20)31-28(24)26)19-11-5-7-13-21(19)30(27)23-15-9-10-16-29(23)4/h5-17H,1-4H3/q+1. The first-order valence-electron chi connectivity index (χ1n) is 10.9. The van der Waals surface area contributed by atoms with Gasteiger partial charge in [-0.05, 0) is 37.1 Å². The van der Waals surface area contributed by atoms with Crippen molar-refractivity contribution < 1.29 is 8.98 Å². The smallest absolute Gasteiger partial charge is 0.286 e. The molecule has 0 aliphatic rings. The molecule has 0 N–H and O–H groups in total. The van der Waals surface area contributed by atoms with Crippen LogP contribution in [0, 0.1) is 6.92 Å². The fourth-order valence-corrected chi connectivity index (χ4v) is 5.31. The normalized spacial score (nSPS) is 12.2. The Morgan fingerprint density at radius 1 is 0.839 bits per heavy atom. The highest BCUT2D eigenvalue weighted by atomic mass is 16.3. The van der Waals surface area contributed by atoms with E-state index in [1.807, 2.05) is 0 Å². The Hall–Kier alpha value is -3.59. The maximum absolute atomic E-state index is 6.51. The molecule has 0 saturated heterocycles. The Morgan fingerprint density at radius 3 is 2.32 bits per heavy atom. The lowest BCUT2D eigenvalue weighted by Gasteiger charge is -2.13. The Morgan fingerprint density at radius 2 is 1.55 bits per heavy atom. The van der Waals surface area contributed by atoms with Crippen LogP contribution in [0.1, 0.15) is 30.9 Å². The zero-order valence-electron chi connectivity index (χ0n) is 18.3. The summed E-state index contributed by atoms with van der Waals surface area (Å²) in [4.78, 5) is 0. The summed E-state index contributed by atoms with van der Waals surface area (Å²) in [6.45, 7) is 6.77. The highest BCUT2D eigenvalue weighted by molar-refractivity contribution is 6.28. The van der Waals surface area contributed by atoms with Gasteiger partial charge in [0.05, 0.1) is 13.2 Å². The van der Waals surface area contributed by atoms with E-state index in [1.165, 1.54) is 43.7 Å². The molecule has 3 nitrogen and oxygen atoms in total. The van der Waals surface area contributed by atoms with Crippen LogP contribution in [0.4, 0.5) is 0 Å². The predicted octanol–water partition coefficient (Wildman–Crippen LogP) is 6.94. The van der Waals surface area contributed by atoms with Crippen LogP contribution in [0.2, 0.25) is 0 Å². The van der Waals surface area contributed by atoms with Crippen molar-refractivity contribution in [2.45, 2.75) is 26.7 Å². The Kier molecular flexibility index (Phi) is 3.79. The first kappa shape index (κ1) is 18.2. The number of hydrogen-bond acceptors (Lipinski definition) is 1. The van der Waals surface area contributed by atoms with Gasteiger partial charge in [-0.25, -0.2) is 4.57 Å². The SMILES string of the molecule is Cc1c(C(C)C)c2oc3ccccc3c2c2c3ccccc3n(-c3cccc[n+]3C)c12. The van der Waals surface area contributed by atoms with Crippen LogP contribution in [0.15, 0.2) is 77.3 Å². The second kappa shape index (κ2) is 6.45. The Labute approximate surface area is 181 Å². The number of pyridine rings is 1. The van der Waals surface area contributed by atoms with Crippen molar-refractivity contribution in [2.75, 3.05) is 0 Å². The third-order valence-electron chi connectivity index (χ3n) is 6.56. The second-order valence-corrected chi connectivity index (χ2v) is 8.74. The van der Waals surface area contributed by atoms with Crippen LogP contribution in [-0.2, 0) is 7.05 Å². The van der Waals surface area contributed by atoms with Gasteiger partial charge < -0.3 is 4.42 Å². The summed E-state index contributed by atoms with van der Waals surface area (Å²) in [5, 5.41) is 4.95. The first-order valence-corrected chi connectivity index (χ1v) is 10.9. The van der Waals surface area contributed by atoms with Crippen LogP contribution in [0.3, 0.4) is 0 Å². The summed E-state index contributed by atoms with van der Waals surface area (Å²) in [5.74, 6) is 1.50. The van der Waals surface area contributed by atoms with Gasteiger partial charge in [-0.15, -0.1) is 0 Å². The van der Waals surface area contributed by atoms with Crippen LogP contribution in [0.25, 0.3) is 49.6 Å². The molecule has 0 aliphatic carbocycles. The first-order chi connectivity index (χ1) is 15.1. The van der Waals surface area contributed by atoms with Gasteiger partial charge in [0.1, 0.15) is 22.2 Å². The minimum Gasteiger partial charge on any atom is -0.456 e. The number of hydrogen-bond donors (Lipinski definition) is 0. The average Bonchev–Trinajstić information content (AvgIpc) is 3.30. The molecular formula is C28H25N2O+. The van der Waals surface area contributed by atoms with Crippen molar-refractivity contribution >= 4 is 43.7 Å². The lowest BCUT2D eigenvalue weighted by Crippen LogP contribution is -2.33. The molecule has 3 heterocycles. The lowest BCUT2D eigenvalue weighted by molar-refractivity contribution is -0.665. The summed E-state index contributed by atoms with van der Waals surface area (Å²) in [5.41, 5.74) is 7.05. The summed E-state index contributed by atoms with van der Waals surface area (Å²) in [7, 11) is 2.11. The number of benzene rings is 3. The molecule has 0 fully saturated rings. The molecule has 3 aromatic heterocycles. The van der Waals surface area contributed by atoms with Crippen molar-refractivity contribution in [1.82, 2.24) is 4.57 Å². The zero-order valence-corrected chi connectivity index (χ0v) is 18.3. The topological polar surface area (TPSA) is 21.9 Å². The fourth-order valence-electron chi connectivity index (χ4n) is 5.31. The molecule has 0 bridgehead atoms. The Bertz CT molecular complexity index is 1630. The summed E-state index contributed by atoms with van der Waals surface area (Å²) < 4.78 is 11.1. The monoisotopic (exact) mass is 405 g/mol. The summed E-state index contributed by atoms with van der Waals surface area (Å²) >= 11 is 0. The minimum atomic E-state index is 0.350. The molecule has 6 aromatic rings. The lowest BCUT2D eigenvalue weighted by atomic mass is 9.92. The van der Waals surface area contributed by atoms with Crippen LogP contribution in [0.5, 0.6) is 0 Å². The molecule has 152 valence electrons. The highest BCUT2D eigenvalue weighted by Gasteiger charge is 2.29. The molecule has 0 aliphatic heterocycles. The molecule has 0 spiro atoms. The maximum atomic E-state index is 6.51. The largest absolute Gasteiger partial charge is 0.456 e. The van der Waals surface area contributed by atoms with E-state index in [4.69, 9.17) is 4.42 Å². The number of para-hydroxylation sites is 2. The highest BCUT2D eigenvalue weighted by Crippen LogP contribution is 2.45. The number of aryl methyl sites for hydroxylation is 2. The molecule has 0 radical (unpaired) electrons. The molecular weight excluding hydrogens is 380 g/mol. The minimum absolute atomic E-state index is 0.350. The summed E-state index contributed by atoms with van der Waals surface area (Å²) in [6.07, 6.45) is 2.11. The maximum Gasteiger partial charge on any atom is 0.286 e. The third-order valence-corrected chi connectivity index (χ3v) is 6.56. The zero-order chi connectivity index (χ0) is 21.3. The van der Waals surface area contributed by atoms with Gasteiger partial charge >= 0.3 is 0 Å². The molecule has 0 amide bonds. The number of rotatable bonds is 2. The Balaban J connectivity index is 1.99. The van der Waals surface area contributed by atoms with Crippen LogP contribution < -0.4 is 4.57 Å². The third kappa shape index (κ3) is 2.37. The number of aromatic nitrogens is 2. The van der Waals surface area contributed by atoms with Gasteiger partial charge in [0, 0.05) is 38.7 Å². The van der Waals surface area contributed by atoms with Crippen molar-refractivity contribution in [3.05, 3.63) is 84.1 Å². The van der Waals surface area contributed by atoms with Crippen molar-refractivity contribution in [2.24, 2.45) is 7.05 Å². The van der Waals surface area contributed by atoms with E-state index in [2.05, 4.69) is 110 Å². The quantitative estimate of drug-likeness (QED) is 0.286. The van der Waals surface area contributed by atoms with E-state index in [-0.39, 0.29) is 0 Å². The number of furan rings is 1.